The zero-order chi connectivity index (χ0) is 14.0. The Morgan fingerprint density at radius 1 is 1.37 bits per heavy atom. The van der Waals surface area contributed by atoms with E-state index < -0.39 is 11.9 Å². The minimum atomic E-state index is -1.10. The molecule has 19 heavy (non-hydrogen) atoms. The number of aliphatic carboxylic acids is 1. The summed E-state index contributed by atoms with van der Waals surface area (Å²) in [5.41, 5.74) is 1.98. The number of carbonyl (C=O) groups is 3. The van der Waals surface area contributed by atoms with Gasteiger partial charge in [-0.1, -0.05) is 6.92 Å². The normalized spacial score (nSPS) is 15.3. The van der Waals surface area contributed by atoms with Gasteiger partial charge in [-0.15, -0.1) is 0 Å². The van der Waals surface area contributed by atoms with Gasteiger partial charge in [0.25, 0.3) is 0 Å². The number of aryl methyl sites for hydroxylation is 1. The van der Waals surface area contributed by atoms with Crippen LogP contribution in [0.4, 0.5) is 5.69 Å². The Labute approximate surface area is 110 Å². The van der Waals surface area contributed by atoms with E-state index in [2.05, 4.69) is 5.32 Å². The smallest absolute Gasteiger partial charge is 0.314 e. The number of fused-ring (bicyclic) bond motifs is 1. The first kappa shape index (κ1) is 13.3. The Morgan fingerprint density at radius 2 is 2.11 bits per heavy atom. The van der Waals surface area contributed by atoms with Crippen LogP contribution in [-0.4, -0.2) is 22.8 Å². The molecule has 0 aromatic heterocycles. The molecule has 0 aliphatic carbocycles. The molecule has 2 N–H and O–H groups in total. The number of carboxylic acid groups (broad SMARTS) is 1. The predicted octanol–water partition coefficient (Wildman–Crippen LogP) is 1.86. The molecule has 0 fully saturated rings. The summed E-state index contributed by atoms with van der Waals surface area (Å²) in [5, 5.41) is 11.7. The van der Waals surface area contributed by atoms with Gasteiger partial charge in [-0.2, -0.15) is 0 Å². The zero-order valence-electron chi connectivity index (χ0n) is 10.6. The van der Waals surface area contributed by atoms with Gasteiger partial charge in [0.05, 0.1) is 0 Å². The molecule has 5 heteroatoms. The summed E-state index contributed by atoms with van der Waals surface area (Å²) in [7, 11) is 0. The van der Waals surface area contributed by atoms with E-state index in [9.17, 15) is 14.4 Å². The molecule has 1 amide bonds. The Morgan fingerprint density at radius 3 is 2.74 bits per heavy atom. The first-order valence-corrected chi connectivity index (χ1v) is 6.22. The summed E-state index contributed by atoms with van der Waals surface area (Å²) in [4.78, 5) is 34.3. The van der Waals surface area contributed by atoms with Crippen molar-refractivity contribution in [3.8, 4) is 0 Å². The third kappa shape index (κ3) is 2.65. The molecular weight excluding hydrogens is 246 g/mol. The highest BCUT2D eigenvalue weighted by Crippen LogP contribution is 2.25. The first-order valence-electron chi connectivity index (χ1n) is 6.22. The van der Waals surface area contributed by atoms with Crippen LogP contribution in [0.1, 0.15) is 35.7 Å². The number of rotatable bonds is 4. The molecule has 1 aromatic rings. The lowest BCUT2D eigenvalue weighted by molar-refractivity contribution is -0.140. The molecule has 1 aromatic carbocycles. The average Bonchev–Trinajstić information content (AvgIpc) is 2.38. The highest BCUT2D eigenvalue weighted by molar-refractivity contribution is 6.08. The maximum Gasteiger partial charge on any atom is 0.314 e. The minimum absolute atomic E-state index is 0.0384. The summed E-state index contributed by atoms with van der Waals surface area (Å²) in [5.74, 6) is -2.52. The molecule has 0 bridgehead atoms. The number of anilines is 1. The number of Topliss-reactive ketones (excluding diaryl/α,β-unsaturated/α-hetero) is 1. The number of carbonyl (C=O) groups excluding carboxylic acids is 2. The standard InChI is InChI=1S/C14H15NO4/c1-2-10(14(18)19)13(17)9-3-5-11-8(7-9)4-6-12(16)15-11/h3,5,7,10H,2,4,6H2,1H3,(H,15,16)(H,18,19). The Kier molecular flexibility index (Phi) is 3.64. The number of nitrogens with one attached hydrogen (secondary N) is 1. The van der Waals surface area contributed by atoms with Gasteiger partial charge in [0.2, 0.25) is 5.91 Å². The molecule has 0 radical (unpaired) electrons. The fourth-order valence-electron chi connectivity index (χ4n) is 2.21. The van der Waals surface area contributed by atoms with Crippen LogP contribution in [-0.2, 0) is 16.0 Å². The lowest BCUT2D eigenvalue weighted by atomic mass is 9.92. The highest BCUT2D eigenvalue weighted by atomic mass is 16.4. The Hall–Kier alpha value is -2.17. The quantitative estimate of drug-likeness (QED) is 0.640. The van der Waals surface area contributed by atoms with Gasteiger partial charge >= 0.3 is 5.97 Å². The van der Waals surface area contributed by atoms with Crippen LogP contribution in [0.25, 0.3) is 0 Å². The van der Waals surface area contributed by atoms with E-state index in [4.69, 9.17) is 5.11 Å². The van der Waals surface area contributed by atoms with Gasteiger partial charge in [-0.05, 0) is 36.6 Å². The van der Waals surface area contributed by atoms with E-state index >= 15 is 0 Å². The molecule has 0 spiro atoms. The van der Waals surface area contributed by atoms with Crippen LogP contribution < -0.4 is 5.32 Å². The SMILES string of the molecule is CCC(C(=O)O)C(=O)c1ccc2c(c1)CCC(=O)N2. The van der Waals surface area contributed by atoms with Crippen molar-refractivity contribution in [2.45, 2.75) is 26.2 Å². The molecule has 0 saturated heterocycles. The van der Waals surface area contributed by atoms with Gasteiger partial charge in [-0.3, -0.25) is 14.4 Å². The molecule has 0 saturated carbocycles. The van der Waals surface area contributed by atoms with Crippen molar-refractivity contribution in [3.63, 3.8) is 0 Å². The van der Waals surface area contributed by atoms with Crippen LogP contribution in [0.5, 0.6) is 0 Å². The number of ketones is 1. The van der Waals surface area contributed by atoms with E-state index in [1.54, 1.807) is 25.1 Å². The van der Waals surface area contributed by atoms with E-state index in [0.29, 0.717) is 24.1 Å². The van der Waals surface area contributed by atoms with Gasteiger partial charge in [0.1, 0.15) is 5.92 Å². The fraction of sp³-hybridized carbons (Fsp3) is 0.357. The van der Waals surface area contributed by atoms with Crippen molar-refractivity contribution in [2.75, 3.05) is 5.32 Å². The van der Waals surface area contributed by atoms with E-state index in [-0.39, 0.29) is 18.1 Å². The topological polar surface area (TPSA) is 83.5 Å². The zero-order valence-corrected chi connectivity index (χ0v) is 10.6. The van der Waals surface area contributed by atoms with E-state index in [0.717, 1.165) is 5.56 Å². The van der Waals surface area contributed by atoms with Crippen LogP contribution in [0.3, 0.4) is 0 Å². The molecule has 100 valence electrons. The number of amides is 1. The third-order valence-corrected chi connectivity index (χ3v) is 3.31. The molecule has 1 heterocycles. The van der Waals surface area contributed by atoms with Crippen LogP contribution in [0.2, 0.25) is 0 Å². The van der Waals surface area contributed by atoms with E-state index in [1.165, 1.54) is 0 Å². The summed E-state index contributed by atoms with van der Waals surface area (Å²) >= 11 is 0. The van der Waals surface area contributed by atoms with Crippen molar-refractivity contribution >= 4 is 23.3 Å². The lowest BCUT2D eigenvalue weighted by Crippen LogP contribution is -2.24. The second kappa shape index (κ2) is 5.22. The number of hydrogen-bond donors (Lipinski definition) is 2. The molecule has 2 rings (SSSR count). The fourth-order valence-corrected chi connectivity index (χ4v) is 2.21. The van der Waals surface area contributed by atoms with Crippen molar-refractivity contribution in [1.29, 1.82) is 0 Å². The molecule has 1 atom stereocenters. The molecule has 1 aliphatic heterocycles. The number of benzene rings is 1. The lowest BCUT2D eigenvalue weighted by Gasteiger charge is -2.18. The Balaban J connectivity index is 2.29. The van der Waals surface area contributed by atoms with Gasteiger partial charge in [-0.25, -0.2) is 0 Å². The summed E-state index contributed by atoms with van der Waals surface area (Å²) in [6, 6.07) is 4.91. The van der Waals surface area contributed by atoms with Crippen molar-refractivity contribution in [2.24, 2.45) is 5.92 Å². The van der Waals surface area contributed by atoms with Crippen LogP contribution in [0.15, 0.2) is 18.2 Å². The highest BCUT2D eigenvalue weighted by Gasteiger charge is 2.26. The van der Waals surface area contributed by atoms with Crippen LogP contribution >= 0.6 is 0 Å². The van der Waals surface area contributed by atoms with Crippen molar-refractivity contribution in [3.05, 3.63) is 29.3 Å². The maximum absolute atomic E-state index is 12.1. The second-order valence-electron chi connectivity index (χ2n) is 4.58. The van der Waals surface area contributed by atoms with Gasteiger partial charge in [0, 0.05) is 17.7 Å². The van der Waals surface area contributed by atoms with Crippen molar-refractivity contribution < 1.29 is 19.5 Å². The monoisotopic (exact) mass is 261 g/mol. The van der Waals surface area contributed by atoms with Crippen molar-refractivity contribution in [1.82, 2.24) is 0 Å². The summed E-state index contributed by atoms with van der Waals surface area (Å²) in [6.07, 6.45) is 1.23. The predicted molar refractivity (Wildman–Crippen MR) is 69.1 cm³/mol. The summed E-state index contributed by atoms with van der Waals surface area (Å²) < 4.78 is 0. The molecule has 5 nitrogen and oxygen atoms in total. The minimum Gasteiger partial charge on any atom is -0.481 e. The molecule has 1 unspecified atom stereocenters. The molecule has 1 aliphatic rings. The average molecular weight is 261 g/mol. The largest absolute Gasteiger partial charge is 0.481 e. The Bertz CT molecular complexity index is 550. The number of hydrogen-bond acceptors (Lipinski definition) is 3. The third-order valence-electron chi connectivity index (χ3n) is 3.31. The first-order chi connectivity index (χ1) is 9.02. The van der Waals surface area contributed by atoms with Crippen LogP contribution in [0, 0.1) is 5.92 Å². The van der Waals surface area contributed by atoms with Gasteiger partial charge < -0.3 is 10.4 Å². The summed E-state index contributed by atoms with van der Waals surface area (Å²) in [6.45, 7) is 1.68. The molecular formula is C14H15NO4. The second-order valence-corrected chi connectivity index (χ2v) is 4.58. The maximum atomic E-state index is 12.1. The van der Waals surface area contributed by atoms with E-state index in [1.807, 2.05) is 0 Å². The number of carboxylic acids is 1. The van der Waals surface area contributed by atoms with Gasteiger partial charge in [0.15, 0.2) is 5.78 Å².